The number of hydrogen-bond donors (Lipinski definition) is 2. The van der Waals surface area contributed by atoms with Crippen LogP contribution in [-0.2, 0) is 4.74 Å². The van der Waals surface area contributed by atoms with Gasteiger partial charge in [0.1, 0.15) is 18.2 Å². The number of benzene rings is 1. The van der Waals surface area contributed by atoms with Gasteiger partial charge < -0.3 is 25.0 Å². The van der Waals surface area contributed by atoms with E-state index in [1.807, 2.05) is 6.92 Å². The highest BCUT2D eigenvalue weighted by atomic mass is 19.1. The van der Waals surface area contributed by atoms with Crippen molar-refractivity contribution in [2.45, 2.75) is 13.3 Å². The third kappa shape index (κ3) is 10.6. The van der Waals surface area contributed by atoms with E-state index in [-0.39, 0.29) is 5.82 Å². The van der Waals surface area contributed by atoms with Crippen molar-refractivity contribution >= 4 is 5.96 Å². The van der Waals surface area contributed by atoms with E-state index in [0.29, 0.717) is 25.4 Å². The maximum absolute atomic E-state index is 13.1. The van der Waals surface area contributed by atoms with E-state index in [2.05, 4.69) is 27.6 Å². The lowest BCUT2D eigenvalue weighted by Crippen LogP contribution is -2.39. The van der Waals surface area contributed by atoms with Gasteiger partial charge in [0.25, 0.3) is 0 Å². The Balaban J connectivity index is 2.25. The molecule has 0 aliphatic heterocycles. The first kappa shape index (κ1) is 21.2. The van der Waals surface area contributed by atoms with Crippen molar-refractivity contribution < 1.29 is 13.9 Å². The van der Waals surface area contributed by atoms with Crippen molar-refractivity contribution in [1.82, 2.24) is 15.5 Å². The Morgan fingerprint density at radius 1 is 1.24 bits per heavy atom. The van der Waals surface area contributed by atoms with E-state index in [1.165, 1.54) is 12.1 Å². The topological polar surface area (TPSA) is 58.1 Å². The zero-order chi connectivity index (χ0) is 18.3. The Hall–Kier alpha value is -1.86. The molecule has 0 aromatic heterocycles. The first-order valence-electron chi connectivity index (χ1n) is 8.73. The maximum atomic E-state index is 13.1. The molecule has 1 rings (SSSR count). The largest absolute Gasteiger partial charge is 0.492 e. The van der Waals surface area contributed by atoms with Crippen molar-refractivity contribution in [2.75, 3.05) is 60.1 Å². The van der Waals surface area contributed by atoms with Crippen molar-refractivity contribution in [3.63, 3.8) is 0 Å². The number of nitrogens with one attached hydrogen (secondary N) is 2. The van der Waals surface area contributed by atoms with E-state index in [0.717, 1.165) is 38.6 Å². The number of ether oxygens (including phenoxy) is 2. The van der Waals surface area contributed by atoms with Gasteiger partial charge in [-0.2, -0.15) is 0 Å². The smallest absolute Gasteiger partial charge is 0.191 e. The second kappa shape index (κ2) is 13.4. The number of guanidine groups is 1. The van der Waals surface area contributed by atoms with Gasteiger partial charge in [-0.1, -0.05) is 6.07 Å². The molecule has 0 heterocycles. The Morgan fingerprint density at radius 3 is 2.80 bits per heavy atom. The summed E-state index contributed by atoms with van der Waals surface area (Å²) in [7, 11) is 3.80. The quantitative estimate of drug-likeness (QED) is 0.340. The standard InChI is InChI=1S/C18H31FN4O2/c1-4-20-18(21-9-12-23(2)11-6-13-24-3)22-10-14-25-17-8-5-7-16(19)15-17/h5,7-8,15H,4,6,9-14H2,1-3H3,(H2,20,21,22). The molecule has 0 aliphatic carbocycles. The number of methoxy groups -OCH3 is 1. The molecule has 0 saturated heterocycles. The van der Waals surface area contributed by atoms with Gasteiger partial charge in [-0.15, -0.1) is 0 Å². The Bertz CT molecular complexity index is 500. The summed E-state index contributed by atoms with van der Waals surface area (Å²) in [5.41, 5.74) is 0. The lowest BCUT2D eigenvalue weighted by atomic mass is 10.3. The van der Waals surface area contributed by atoms with Gasteiger partial charge in [0.05, 0.1) is 13.1 Å². The molecular weight excluding hydrogens is 323 g/mol. The van der Waals surface area contributed by atoms with Gasteiger partial charge in [-0.3, -0.25) is 4.99 Å². The molecule has 6 nitrogen and oxygen atoms in total. The van der Waals surface area contributed by atoms with Gasteiger partial charge in [-0.25, -0.2) is 4.39 Å². The fraction of sp³-hybridized carbons (Fsp3) is 0.611. The van der Waals surface area contributed by atoms with Crippen LogP contribution < -0.4 is 15.4 Å². The zero-order valence-corrected chi connectivity index (χ0v) is 15.6. The number of aliphatic imine (C=N–C) groups is 1. The first-order chi connectivity index (χ1) is 12.2. The van der Waals surface area contributed by atoms with Crippen LogP contribution in [0.5, 0.6) is 5.75 Å². The fourth-order valence-electron chi connectivity index (χ4n) is 2.16. The van der Waals surface area contributed by atoms with Crippen LogP contribution in [0.2, 0.25) is 0 Å². The van der Waals surface area contributed by atoms with E-state index >= 15 is 0 Å². The molecule has 0 spiro atoms. The van der Waals surface area contributed by atoms with Gasteiger partial charge in [0.2, 0.25) is 0 Å². The van der Waals surface area contributed by atoms with Crippen LogP contribution in [0.3, 0.4) is 0 Å². The summed E-state index contributed by atoms with van der Waals surface area (Å²) in [5.74, 6) is 0.993. The molecule has 0 amide bonds. The van der Waals surface area contributed by atoms with Crippen molar-refractivity contribution in [1.29, 1.82) is 0 Å². The number of likely N-dealkylation sites (N-methyl/N-ethyl adjacent to an activating group) is 1. The summed E-state index contributed by atoms with van der Waals surface area (Å²) in [6.07, 6.45) is 1.02. The highest BCUT2D eigenvalue weighted by molar-refractivity contribution is 5.79. The second-order valence-electron chi connectivity index (χ2n) is 5.64. The average Bonchev–Trinajstić information content (AvgIpc) is 2.59. The van der Waals surface area contributed by atoms with Crippen molar-refractivity contribution in [3.8, 4) is 5.75 Å². The van der Waals surface area contributed by atoms with Gasteiger partial charge in [0, 0.05) is 39.4 Å². The third-order valence-electron chi connectivity index (χ3n) is 3.44. The molecule has 1 aromatic carbocycles. The Morgan fingerprint density at radius 2 is 2.08 bits per heavy atom. The molecule has 0 radical (unpaired) electrons. The highest BCUT2D eigenvalue weighted by Crippen LogP contribution is 2.11. The van der Waals surface area contributed by atoms with E-state index < -0.39 is 0 Å². The molecule has 142 valence electrons. The average molecular weight is 354 g/mol. The number of nitrogens with zero attached hydrogens (tertiary/aromatic N) is 2. The van der Waals surface area contributed by atoms with Crippen LogP contribution in [0.1, 0.15) is 13.3 Å². The molecule has 0 bridgehead atoms. The van der Waals surface area contributed by atoms with Crippen LogP contribution in [0.15, 0.2) is 29.3 Å². The van der Waals surface area contributed by atoms with Crippen molar-refractivity contribution in [2.24, 2.45) is 4.99 Å². The number of hydrogen-bond acceptors (Lipinski definition) is 4. The molecule has 0 aliphatic rings. The molecular formula is C18H31FN4O2. The zero-order valence-electron chi connectivity index (χ0n) is 15.6. The van der Waals surface area contributed by atoms with Crippen molar-refractivity contribution in [3.05, 3.63) is 30.1 Å². The molecule has 0 saturated carbocycles. The summed E-state index contributed by atoms with van der Waals surface area (Å²) < 4.78 is 23.6. The van der Waals surface area contributed by atoms with Crippen LogP contribution >= 0.6 is 0 Å². The summed E-state index contributed by atoms with van der Waals surface area (Å²) in [6.45, 7) is 7.22. The predicted molar refractivity (Wildman–Crippen MR) is 99.9 cm³/mol. The van der Waals surface area contributed by atoms with E-state index in [4.69, 9.17) is 9.47 Å². The minimum Gasteiger partial charge on any atom is -0.492 e. The summed E-state index contributed by atoms with van der Waals surface area (Å²) in [6, 6.07) is 6.14. The number of rotatable bonds is 12. The predicted octanol–water partition coefficient (Wildman–Crippen LogP) is 1.73. The second-order valence-corrected chi connectivity index (χ2v) is 5.64. The third-order valence-corrected chi connectivity index (χ3v) is 3.44. The monoisotopic (exact) mass is 354 g/mol. The van der Waals surface area contributed by atoms with Crippen LogP contribution in [0, 0.1) is 5.82 Å². The van der Waals surface area contributed by atoms with E-state index in [1.54, 1.807) is 19.2 Å². The fourth-order valence-corrected chi connectivity index (χ4v) is 2.16. The molecule has 25 heavy (non-hydrogen) atoms. The van der Waals surface area contributed by atoms with Gasteiger partial charge >= 0.3 is 0 Å². The molecule has 0 unspecified atom stereocenters. The van der Waals surface area contributed by atoms with Gasteiger partial charge in [-0.05, 0) is 32.5 Å². The SMILES string of the molecule is CCNC(=NCCN(C)CCCOC)NCCOc1cccc(F)c1. The molecule has 1 aromatic rings. The molecule has 0 fully saturated rings. The Kier molecular flexibility index (Phi) is 11.4. The summed E-state index contributed by atoms with van der Waals surface area (Å²) in [4.78, 5) is 6.78. The lowest BCUT2D eigenvalue weighted by Gasteiger charge is -2.16. The summed E-state index contributed by atoms with van der Waals surface area (Å²) >= 11 is 0. The van der Waals surface area contributed by atoms with E-state index in [9.17, 15) is 4.39 Å². The van der Waals surface area contributed by atoms with Gasteiger partial charge in [0.15, 0.2) is 5.96 Å². The minimum atomic E-state index is -0.296. The molecule has 7 heteroatoms. The highest BCUT2D eigenvalue weighted by Gasteiger charge is 2.00. The first-order valence-corrected chi connectivity index (χ1v) is 8.73. The summed E-state index contributed by atoms with van der Waals surface area (Å²) in [5, 5.41) is 6.41. The van der Waals surface area contributed by atoms with Crippen LogP contribution in [0.25, 0.3) is 0 Å². The van der Waals surface area contributed by atoms with Crippen LogP contribution in [-0.4, -0.2) is 71.0 Å². The Labute approximate surface area is 150 Å². The molecule has 2 N–H and O–H groups in total. The maximum Gasteiger partial charge on any atom is 0.191 e. The van der Waals surface area contributed by atoms with Crippen LogP contribution in [0.4, 0.5) is 4.39 Å². The minimum absolute atomic E-state index is 0.296. The molecule has 0 atom stereocenters. The lowest BCUT2D eigenvalue weighted by molar-refractivity contribution is 0.180. The normalized spacial score (nSPS) is 11.6. The number of halogens is 1.